The van der Waals surface area contributed by atoms with Gasteiger partial charge in [-0.3, -0.25) is 4.79 Å². The number of aromatic nitrogens is 1. The summed E-state index contributed by atoms with van der Waals surface area (Å²) in [5.74, 6) is 0.870. The minimum atomic E-state index is 0.0974. The third kappa shape index (κ3) is 2.37. The molecule has 2 aliphatic heterocycles. The number of fused-ring (bicyclic) bond motifs is 2. The summed E-state index contributed by atoms with van der Waals surface area (Å²) in [6, 6.07) is 3.59. The number of Topliss-reactive ketones (excluding diaryl/α,β-unsaturated/α-hetero) is 1. The van der Waals surface area contributed by atoms with Gasteiger partial charge in [0.1, 0.15) is 0 Å². The smallest absolute Gasteiger partial charge is 0.213 e. The fourth-order valence-electron chi connectivity index (χ4n) is 3.20. The second kappa shape index (κ2) is 4.93. The highest BCUT2D eigenvalue weighted by Gasteiger charge is 2.38. The molecule has 2 aliphatic rings. The second-order valence-electron chi connectivity index (χ2n) is 5.48. The number of carbonyl (C=O) groups is 1. The molecule has 1 aromatic rings. The number of rotatable bonds is 3. The van der Waals surface area contributed by atoms with Crippen molar-refractivity contribution >= 4 is 5.78 Å². The van der Waals surface area contributed by atoms with Crippen LogP contribution in [0, 0.1) is 12.8 Å². The Bertz CT molecular complexity index is 488. The van der Waals surface area contributed by atoms with Gasteiger partial charge in [0.25, 0.3) is 0 Å². The van der Waals surface area contributed by atoms with Crippen molar-refractivity contribution in [3.63, 3.8) is 0 Å². The summed E-state index contributed by atoms with van der Waals surface area (Å²) < 4.78 is 10.9. The van der Waals surface area contributed by atoms with Crippen molar-refractivity contribution < 1.29 is 14.3 Å². The Kier molecular flexibility index (Phi) is 3.27. The molecule has 19 heavy (non-hydrogen) atoms. The number of aryl methyl sites for hydroxylation is 1. The maximum absolute atomic E-state index is 12.6. The van der Waals surface area contributed by atoms with Crippen LogP contribution in [0.25, 0.3) is 0 Å². The molecule has 0 aromatic carbocycles. The zero-order valence-corrected chi connectivity index (χ0v) is 11.4. The predicted molar refractivity (Wildman–Crippen MR) is 70.5 cm³/mol. The molecule has 0 amide bonds. The van der Waals surface area contributed by atoms with E-state index in [1.807, 2.05) is 13.0 Å². The SMILES string of the molecule is COc1ccc(C(=O)C2CC3CCC(C2)O3)c(C)n1. The monoisotopic (exact) mass is 261 g/mol. The van der Waals surface area contributed by atoms with E-state index >= 15 is 0 Å². The van der Waals surface area contributed by atoms with Gasteiger partial charge in [-0.1, -0.05) is 0 Å². The highest BCUT2D eigenvalue weighted by atomic mass is 16.5. The Labute approximate surface area is 113 Å². The number of nitrogens with zero attached hydrogens (tertiary/aromatic N) is 1. The number of methoxy groups -OCH3 is 1. The standard InChI is InChI=1S/C15H19NO3/c1-9-13(5-6-14(16-9)18-2)15(17)10-7-11-3-4-12(8-10)19-11/h5-6,10-12H,3-4,7-8H2,1-2H3. The summed E-state index contributed by atoms with van der Waals surface area (Å²) in [6.45, 7) is 1.86. The molecule has 0 aliphatic carbocycles. The van der Waals surface area contributed by atoms with E-state index in [0.717, 1.165) is 36.9 Å². The van der Waals surface area contributed by atoms with Gasteiger partial charge in [0.15, 0.2) is 5.78 Å². The summed E-state index contributed by atoms with van der Waals surface area (Å²) in [6.07, 6.45) is 4.52. The molecule has 1 aromatic heterocycles. The molecular weight excluding hydrogens is 242 g/mol. The van der Waals surface area contributed by atoms with Crippen molar-refractivity contribution in [2.75, 3.05) is 7.11 Å². The van der Waals surface area contributed by atoms with Crippen LogP contribution in [0.15, 0.2) is 12.1 Å². The highest BCUT2D eigenvalue weighted by molar-refractivity contribution is 5.98. The minimum absolute atomic E-state index is 0.0974. The molecule has 3 heterocycles. The number of hydrogen-bond donors (Lipinski definition) is 0. The quantitative estimate of drug-likeness (QED) is 0.784. The van der Waals surface area contributed by atoms with Crippen LogP contribution in [-0.4, -0.2) is 30.1 Å². The van der Waals surface area contributed by atoms with Gasteiger partial charge in [0.2, 0.25) is 5.88 Å². The molecular formula is C15H19NO3. The van der Waals surface area contributed by atoms with Gasteiger partial charge in [0.05, 0.1) is 25.0 Å². The second-order valence-corrected chi connectivity index (χ2v) is 5.48. The van der Waals surface area contributed by atoms with E-state index in [0.29, 0.717) is 18.1 Å². The Balaban J connectivity index is 1.80. The maximum Gasteiger partial charge on any atom is 0.213 e. The fraction of sp³-hybridized carbons (Fsp3) is 0.600. The van der Waals surface area contributed by atoms with E-state index in [2.05, 4.69) is 4.98 Å². The summed E-state index contributed by atoms with van der Waals surface area (Å²) in [5.41, 5.74) is 1.48. The van der Waals surface area contributed by atoms with Crippen molar-refractivity contribution in [2.24, 2.45) is 5.92 Å². The number of carbonyl (C=O) groups excluding carboxylic acids is 1. The summed E-state index contributed by atoms with van der Waals surface area (Å²) in [5, 5.41) is 0. The van der Waals surface area contributed by atoms with Gasteiger partial charge >= 0.3 is 0 Å². The van der Waals surface area contributed by atoms with Crippen LogP contribution in [0.2, 0.25) is 0 Å². The van der Waals surface area contributed by atoms with Crippen molar-refractivity contribution in [3.05, 3.63) is 23.4 Å². The Morgan fingerprint density at radius 3 is 2.58 bits per heavy atom. The summed E-state index contributed by atoms with van der Waals surface area (Å²) in [4.78, 5) is 16.9. The van der Waals surface area contributed by atoms with Gasteiger partial charge in [-0.2, -0.15) is 0 Å². The van der Waals surface area contributed by atoms with E-state index in [-0.39, 0.29) is 11.7 Å². The largest absolute Gasteiger partial charge is 0.481 e. The Morgan fingerprint density at radius 1 is 1.32 bits per heavy atom. The Morgan fingerprint density at radius 2 is 2.00 bits per heavy atom. The minimum Gasteiger partial charge on any atom is -0.481 e. The molecule has 0 radical (unpaired) electrons. The Hall–Kier alpha value is -1.42. The third-order valence-corrected chi connectivity index (χ3v) is 4.20. The highest BCUT2D eigenvalue weighted by Crippen LogP contribution is 2.37. The summed E-state index contributed by atoms with van der Waals surface area (Å²) >= 11 is 0. The van der Waals surface area contributed by atoms with Gasteiger partial charge in [-0.15, -0.1) is 0 Å². The van der Waals surface area contributed by atoms with E-state index in [9.17, 15) is 4.79 Å². The molecule has 2 saturated heterocycles. The molecule has 4 heteroatoms. The molecule has 102 valence electrons. The van der Waals surface area contributed by atoms with E-state index in [4.69, 9.17) is 9.47 Å². The molecule has 0 spiro atoms. The van der Waals surface area contributed by atoms with E-state index in [1.54, 1.807) is 13.2 Å². The van der Waals surface area contributed by atoms with Gasteiger partial charge in [0, 0.05) is 17.5 Å². The molecule has 2 atom stereocenters. The van der Waals surface area contributed by atoms with Crippen molar-refractivity contribution in [1.82, 2.24) is 4.98 Å². The lowest BCUT2D eigenvalue weighted by Crippen LogP contribution is -2.30. The first-order valence-electron chi connectivity index (χ1n) is 6.88. The zero-order valence-electron chi connectivity index (χ0n) is 11.4. The molecule has 3 rings (SSSR count). The average molecular weight is 261 g/mol. The fourth-order valence-corrected chi connectivity index (χ4v) is 3.20. The number of hydrogen-bond acceptors (Lipinski definition) is 4. The predicted octanol–water partition coefficient (Wildman–Crippen LogP) is 2.54. The normalized spacial score (nSPS) is 29.3. The first-order chi connectivity index (χ1) is 9.17. The van der Waals surface area contributed by atoms with Crippen LogP contribution in [0.5, 0.6) is 5.88 Å². The molecule has 2 fully saturated rings. The maximum atomic E-state index is 12.6. The van der Waals surface area contributed by atoms with Gasteiger partial charge in [-0.05, 0) is 38.7 Å². The van der Waals surface area contributed by atoms with E-state index < -0.39 is 0 Å². The lowest BCUT2D eigenvalue weighted by atomic mass is 9.87. The first-order valence-corrected chi connectivity index (χ1v) is 6.88. The first kappa shape index (κ1) is 12.6. The van der Waals surface area contributed by atoms with Crippen LogP contribution in [0.4, 0.5) is 0 Å². The van der Waals surface area contributed by atoms with Crippen LogP contribution in [0.3, 0.4) is 0 Å². The lowest BCUT2D eigenvalue weighted by molar-refractivity contribution is -0.0149. The van der Waals surface area contributed by atoms with Crippen molar-refractivity contribution in [3.8, 4) is 5.88 Å². The topological polar surface area (TPSA) is 48.4 Å². The number of ketones is 1. The van der Waals surface area contributed by atoms with Crippen molar-refractivity contribution in [2.45, 2.75) is 44.8 Å². The molecule has 0 N–H and O–H groups in total. The molecule has 0 saturated carbocycles. The third-order valence-electron chi connectivity index (χ3n) is 4.20. The zero-order chi connectivity index (χ0) is 13.4. The summed E-state index contributed by atoms with van der Waals surface area (Å²) in [7, 11) is 1.58. The molecule has 2 bridgehead atoms. The molecule has 2 unspecified atom stereocenters. The van der Waals surface area contributed by atoms with Crippen molar-refractivity contribution in [1.29, 1.82) is 0 Å². The van der Waals surface area contributed by atoms with Gasteiger partial charge in [-0.25, -0.2) is 4.98 Å². The van der Waals surface area contributed by atoms with Crippen LogP contribution in [-0.2, 0) is 4.74 Å². The number of ether oxygens (including phenoxy) is 2. The van der Waals surface area contributed by atoms with Crippen LogP contribution in [0.1, 0.15) is 41.7 Å². The number of pyridine rings is 1. The van der Waals surface area contributed by atoms with Gasteiger partial charge < -0.3 is 9.47 Å². The lowest BCUT2D eigenvalue weighted by Gasteiger charge is -2.27. The van der Waals surface area contributed by atoms with Crippen LogP contribution < -0.4 is 4.74 Å². The van der Waals surface area contributed by atoms with E-state index in [1.165, 1.54) is 0 Å². The average Bonchev–Trinajstić information content (AvgIpc) is 2.76. The van der Waals surface area contributed by atoms with Crippen LogP contribution >= 0.6 is 0 Å². The molecule has 4 nitrogen and oxygen atoms in total.